The quantitative estimate of drug-likeness (QED) is 0.426. The normalized spacial score (nSPS) is 42.7. The van der Waals surface area contributed by atoms with Crippen LogP contribution < -0.4 is 0 Å². The van der Waals surface area contributed by atoms with E-state index in [4.69, 9.17) is 9.47 Å². The van der Waals surface area contributed by atoms with Gasteiger partial charge in [-0.05, 0) is 81.5 Å². The molecule has 0 aromatic heterocycles. The van der Waals surface area contributed by atoms with Gasteiger partial charge >= 0.3 is 6.16 Å². The van der Waals surface area contributed by atoms with Gasteiger partial charge < -0.3 is 14.6 Å². The van der Waals surface area contributed by atoms with Crippen molar-refractivity contribution in [2.24, 2.45) is 28.6 Å². The first-order valence-electron chi connectivity index (χ1n) is 10.7. The van der Waals surface area contributed by atoms with Gasteiger partial charge in [0.05, 0.1) is 6.61 Å². The number of carbonyl (C=O) groups is 1. The molecular formula is C22H34O4. The molecule has 0 aromatic rings. The summed E-state index contributed by atoms with van der Waals surface area (Å²) < 4.78 is 10.2. The zero-order valence-corrected chi connectivity index (χ0v) is 16.3. The van der Waals surface area contributed by atoms with Crippen LogP contribution in [0.2, 0.25) is 0 Å². The van der Waals surface area contributed by atoms with E-state index in [1.54, 1.807) is 12.5 Å². The second-order valence-corrected chi connectivity index (χ2v) is 9.28. The lowest BCUT2D eigenvalue weighted by Gasteiger charge is -2.57. The standard InChI is InChI=1S/C22H34O4/c1-3-25-20(24)26-19(23)22-13-6-8-18(22)16-10-9-15-7-4-5-12-21(15,2)17(16)11-14-22/h9,16-19,23H,3-8,10-14H2,1-2H3/t16-,17+,18+,19?,21+,22-/m1/s1. The van der Waals surface area contributed by atoms with Crippen LogP contribution in [-0.2, 0) is 9.47 Å². The average molecular weight is 363 g/mol. The summed E-state index contributed by atoms with van der Waals surface area (Å²) in [4.78, 5) is 11.8. The van der Waals surface area contributed by atoms with Gasteiger partial charge in [-0.3, -0.25) is 0 Å². The first-order chi connectivity index (χ1) is 12.5. The number of ether oxygens (including phenoxy) is 2. The Morgan fingerprint density at radius 3 is 2.88 bits per heavy atom. The number of aliphatic hydroxyl groups is 1. The zero-order chi connectivity index (χ0) is 18.4. The highest BCUT2D eigenvalue weighted by atomic mass is 16.8. The summed E-state index contributed by atoms with van der Waals surface area (Å²) in [5.74, 6) is 1.81. The van der Waals surface area contributed by atoms with E-state index in [1.165, 1.54) is 25.7 Å². The summed E-state index contributed by atoms with van der Waals surface area (Å²) >= 11 is 0. The summed E-state index contributed by atoms with van der Waals surface area (Å²) in [5.41, 5.74) is 1.81. The maximum absolute atomic E-state index is 11.8. The fraction of sp³-hybridized carbons (Fsp3) is 0.864. The highest BCUT2D eigenvalue weighted by Gasteiger charge is 2.60. The van der Waals surface area contributed by atoms with E-state index in [1.807, 2.05) is 0 Å². The van der Waals surface area contributed by atoms with Crippen molar-refractivity contribution in [1.29, 1.82) is 0 Å². The molecule has 0 radical (unpaired) electrons. The molecule has 4 heteroatoms. The van der Waals surface area contributed by atoms with Crippen LogP contribution in [0.15, 0.2) is 11.6 Å². The van der Waals surface area contributed by atoms with Crippen LogP contribution in [0.4, 0.5) is 4.79 Å². The van der Waals surface area contributed by atoms with Crippen LogP contribution in [-0.4, -0.2) is 24.2 Å². The maximum Gasteiger partial charge on any atom is 0.510 e. The molecule has 26 heavy (non-hydrogen) atoms. The zero-order valence-electron chi connectivity index (χ0n) is 16.3. The molecule has 4 rings (SSSR count). The molecule has 1 N–H and O–H groups in total. The Hall–Kier alpha value is -1.03. The van der Waals surface area contributed by atoms with Crippen molar-refractivity contribution in [2.75, 3.05) is 6.61 Å². The number of rotatable bonds is 3. The van der Waals surface area contributed by atoms with Crippen LogP contribution in [0.25, 0.3) is 0 Å². The summed E-state index contributed by atoms with van der Waals surface area (Å²) in [6.07, 6.45) is 12.6. The molecule has 3 saturated carbocycles. The summed E-state index contributed by atoms with van der Waals surface area (Å²) in [6, 6.07) is 0. The van der Waals surface area contributed by atoms with E-state index in [9.17, 15) is 9.90 Å². The van der Waals surface area contributed by atoms with E-state index in [0.717, 1.165) is 44.4 Å². The molecule has 0 bridgehead atoms. The van der Waals surface area contributed by atoms with Gasteiger partial charge in [-0.15, -0.1) is 0 Å². The van der Waals surface area contributed by atoms with Gasteiger partial charge in [0.2, 0.25) is 6.29 Å². The highest BCUT2D eigenvalue weighted by Crippen LogP contribution is 2.65. The predicted molar refractivity (Wildman–Crippen MR) is 99.4 cm³/mol. The van der Waals surface area contributed by atoms with Crippen molar-refractivity contribution in [1.82, 2.24) is 0 Å². The largest absolute Gasteiger partial charge is 0.510 e. The minimum absolute atomic E-state index is 0.260. The molecule has 1 unspecified atom stereocenters. The smallest absolute Gasteiger partial charge is 0.435 e. The van der Waals surface area contributed by atoms with E-state index < -0.39 is 12.4 Å². The van der Waals surface area contributed by atoms with Crippen molar-refractivity contribution >= 4 is 6.16 Å². The molecule has 146 valence electrons. The minimum atomic E-state index is -1.03. The second kappa shape index (κ2) is 6.85. The highest BCUT2D eigenvalue weighted by molar-refractivity contribution is 5.60. The number of fused-ring (bicyclic) bond motifs is 5. The predicted octanol–water partition coefficient (Wildman–Crippen LogP) is 5.20. The third kappa shape index (κ3) is 2.71. The molecule has 6 atom stereocenters. The monoisotopic (exact) mass is 362 g/mol. The summed E-state index contributed by atoms with van der Waals surface area (Å²) in [5, 5.41) is 10.9. The van der Waals surface area contributed by atoms with Gasteiger partial charge in [0.1, 0.15) is 0 Å². The van der Waals surface area contributed by atoms with E-state index in [0.29, 0.717) is 17.3 Å². The minimum Gasteiger partial charge on any atom is -0.435 e. The molecule has 4 aliphatic rings. The molecule has 0 amide bonds. The van der Waals surface area contributed by atoms with Gasteiger partial charge in [0.15, 0.2) is 0 Å². The van der Waals surface area contributed by atoms with Gasteiger partial charge in [-0.1, -0.05) is 31.4 Å². The molecule has 0 saturated heterocycles. The number of allylic oxidation sites excluding steroid dienone is 2. The molecule has 4 nitrogen and oxygen atoms in total. The Kier molecular flexibility index (Phi) is 4.83. The van der Waals surface area contributed by atoms with Crippen LogP contribution in [0.1, 0.15) is 78.1 Å². The maximum atomic E-state index is 11.8. The lowest BCUT2D eigenvalue weighted by atomic mass is 9.48. The van der Waals surface area contributed by atoms with Gasteiger partial charge in [-0.25, -0.2) is 4.79 Å². The fourth-order valence-corrected chi connectivity index (χ4v) is 7.19. The van der Waals surface area contributed by atoms with E-state index in [-0.39, 0.29) is 12.0 Å². The Bertz CT molecular complexity index is 585. The molecule has 0 heterocycles. The Morgan fingerprint density at radius 2 is 2.08 bits per heavy atom. The van der Waals surface area contributed by atoms with Gasteiger partial charge in [-0.2, -0.15) is 0 Å². The van der Waals surface area contributed by atoms with Gasteiger partial charge in [0, 0.05) is 5.41 Å². The van der Waals surface area contributed by atoms with E-state index in [2.05, 4.69) is 13.0 Å². The van der Waals surface area contributed by atoms with Crippen molar-refractivity contribution in [3.05, 3.63) is 11.6 Å². The van der Waals surface area contributed by atoms with Crippen LogP contribution in [0, 0.1) is 28.6 Å². The molecular weight excluding hydrogens is 328 g/mol. The lowest BCUT2D eigenvalue weighted by Crippen LogP contribution is -2.53. The Morgan fingerprint density at radius 1 is 1.23 bits per heavy atom. The van der Waals surface area contributed by atoms with Crippen molar-refractivity contribution in [3.8, 4) is 0 Å². The van der Waals surface area contributed by atoms with Crippen LogP contribution in [0.5, 0.6) is 0 Å². The number of hydrogen-bond acceptors (Lipinski definition) is 4. The summed E-state index contributed by atoms with van der Waals surface area (Å²) in [7, 11) is 0. The van der Waals surface area contributed by atoms with Crippen molar-refractivity contribution < 1.29 is 19.4 Å². The SMILES string of the molecule is CCOC(=O)OC(O)[C@@]12CCC[C@H]1[C@@H]1CC=C3CCCC[C@]3(C)[C@H]1CC2. The molecule has 0 aromatic carbocycles. The summed E-state index contributed by atoms with van der Waals surface area (Å²) in [6.45, 7) is 4.53. The van der Waals surface area contributed by atoms with E-state index >= 15 is 0 Å². The third-order valence-electron chi connectivity index (χ3n) is 8.39. The van der Waals surface area contributed by atoms with Crippen molar-refractivity contribution in [2.45, 2.75) is 84.3 Å². The van der Waals surface area contributed by atoms with Crippen molar-refractivity contribution in [3.63, 3.8) is 0 Å². The first-order valence-corrected chi connectivity index (χ1v) is 10.7. The fourth-order valence-electron chi connectivity index (χ4n) is 7.19. The van der Waals surface area contributed by atoms with Crippen LogP contribution in [0.3, 0.4) is 0 Å². The van der Waals surface area contributed by atoms with Crippen LogP contribution >= 0.6 is 0 Å². The molecule has 3 fully saturated rings. The lowest BCUT2D eigenvalue weighted by molar-refractivity contribution is -0.195. The molecule has 0 spiro atoms. The first kappa shape index (κ1) is 18.3. The second-order valence-electron chi connectivity index (χ2n) is 9.28. The number of hydrogen-bond donors (Lipinski definition) is 1. The third-order valence-corrected chi connectivity index (χ3v) is 8.39. The molecule has 0 aliphatic heterocycles. The molecule has 4 aliphatic carbocycles. The average Bonchev–Trinajstić information content (AvgIpc) is 3.07. The Balaban J connectivity index is 1.58. The topological polar surface area (TPSA) is 55.8 Å². The van der Waals surface area contributed by atoms with Gasteiger partial charge in [0.25, 0.3) is 0 Å². The Labute approximate surface area is 157 Å². The number of aliphatic hydroxyl groups excluding tert-OH is 1. The number of carbonyl (C=O) groups excluding carboxylic acids is 1.